The van der Waals surface area contributed by atoms with Crippen molar-refractivity contribution in [2.45, 2.75) is 28.5 Å². The Hall–Kier alpha value is -1.61. The maximum atomic E-state index is 12.9. The minimum Gasteiger partial charge on any atom is -0.398 e. The van der Waals surface area contributed by atoms with Crippen molar-refractivity contribution in [1.29, 1.82) is 0 Å². The zero-order chi connectivity index (χ0) is 17.6. The number of primary sulfonamides is 1. The minimum atomic E-state index is -4.02. The van der Waals surface area contributed by atoms with E-state index < -0.39 is 19.9 Å². The van der Waals surface area contributed by atoms with Crippen LogP contribution in [-0.4, -0.2) is 16.8 Å². The number of nitrogens with two attached hydrogens (primary N) is 2. The Morgan fingerprint density at radius 3 is 2.04 bits per heavy atom. The van der Waals surface area contributed by atoms with Crippen molar-refractivity contribution in [3.05, 3.63) is 46.5 Å². The molecule has 2 rings (SSSR count). The maximum absolute atomic E-state index is 12.9. The van der Waals surface area contributed by atoms with E-state index in [2.05, 4.69) is 0 Å². The van der Waals surface area contributed by atoms with Crippen molar-refractivity contribution in [3.63, 3.8) is 0 Å². The molecule has 2 aromatic rings. The second-order valence-corrected chi connectivity index (χ2v) is 8.97. The van der Waals surface area contributed by atoms with Crippen LogP contribution >= 0.6 is 11.6 Å². The molecule has 0 saturated heterocycles. The average molecular weight is 375 g/mol. The largest absolute Gasteiger partial charge is 0.398 e. The van der Waals surface area contributed by atoms with Crippen LogP contribution in [0.15, 0.2) is 45.0 Å². The zero-order valence-electron chi connectivity index (χ0n) is 12.4. The van der Waals surface area contributed by atoms with Crippen LogP contribution in [-0.2, 0) is 19.9 Å². The first-order valence-corrected chi connectivity index (χ1v) is 9.79. The van der Waals surface area contributed by atoms with E-state index in [1.54, 1.807) is 13.8 Å². The molecule has 0 aliphatic heterocycles. The van der Waals surface area contributed by atoms with Crippen molar-refractivity contribution in [2.75, 3.05) is 5.73 Å². The van der Waals surface area contributed by atoms with E-state index in [4.69, 9.17) is 22.5 Å². The Kier molecular flexibility index (Phi) is 4.46. The van der Waals surface area contributed by atoms with Crippen LogP contribution in [0.25, 0.3) is 0 Å². The van der Waals surface area contributed by atoms with Gasteiger partial charge in [-0.05, 0) is 49.2 Å². The third-order valence-electron chi connectivity index (χ3n) is 3.36. The van der Waals surface area contributed by atoms with Gasteiger partial charge in [0.2, 0.25) is 19.9 Å². The Bertz CT molecular complexity index is 1000. The summed E-state index contributed by atoms with van der Waals surface area (Å²) in [4.78, 5) is -0.458. The van der Waals surface area contributed by atoms with Gasteiger partial charge in [-0.2, -0.15) is 0 Å². The quantitative estimate of drug-likeness (QED) is 0.796. The fourth-order valence-electron chi connectivity index (χ4n) is 2.14. The molecule has 0 unspecified atom stereocenters. The first-order valence-electron chi connectivity index (χ1n) is 6.39. The number of sulfone groups is 1. The first-order chi connectivity index (χ1) is 10.4. The lowest BCUT2D eigenvalue weighted by molar-refractivity contribution is 0.594. The molecule has 9 heteroatoms. The Balaban J connectivity index is 2.78. The smallest absolute Gasteiger partial charge is 0.238 e. The standard InChI is InChI=1S/C14H15ClN2O4S2/c1-8-3-4-10(23(17,20)21)6-13(8)22(18,19)14-7-11(15)12(16)5-9(14)2/h3-7H,16H2,1-2H3,(H2,17,20,21). The van der Waals surface area contributed by atoms with E-state index in [-0.39, 0.29) is 25.4 Å². The van der Waals surface area contributed by atoms with Gasteiger partial charge in [0.25, 0.3) is 0 Å². The number of hydrogen-bond donors (Lipinski definition) is 2. The molecule has 23 heavy (non-hydrogen) atoms. The number of anilines is 1. The molecule has 2 aromatic carbocycles. The van der Waals surface area contributed by atoms with Gasteiger partial charge in [-0.1, -0.05) is 17.7 Å². The summed E-state index contributed by atoms with van der Waals surface area (Å²) in [7, 11) is -8.00. The molecule has 0 aromatic heterocycles. The van der Waals surface area contributed by atoms with Crippen molar-refractivity contribution in [3.8, 4) is 0 Å². The van der Waals surface area contributed by atoms with Crippen LogP contribution in [0.2, 0.25) is 5.02 Å². The highest BCUT2D eigenvalue weighted by molar-refractivity contribution is 7.91. The van der Waals surface area contributed by atoms with Gasteiger partial charge in [-0.15, -0.1) is 0 Å². The number of hydrogen-bond acceptors (Lipinski definition) is 5. The molecule has 0 saturated carbocycles. The summed E-state index contributed by atoms with van der Waals surface area (Å²) in [6.07, 6.45) is 0. The van der Waals surface area contributed by atoms with E-state index >= 15 is 0 Å². The SMILES string of the molecule is Cc1ccc(S(N)(=O)=O)cc1S(=O)(=O)c1cc(Cl)c(N)cc1C. The fraction of sp³-hybridized carbons (Fsp3) is 0.143. The topological polar surface area (TPSA) is 120 Å². The third-order valence-corrected chi connectivity index (χ3v) is 6.64. The molecule has 4 N–H and O–H groups in total. The van der Waals surface area contributed by atoms with Gasteiger partial charge in [-0.25, -0.2) is 22.0 Å². The number of sulfonamides is 1. The van der Waals surface area contributed by atoms with Crippen LogP contribution in [0.3, 0.4) is 0 Å². The van der Waals surface area contributed by atoms with E-state index in [9.17, 15) is 16.8 Å². The van der Waals surface area contributed by atoms with Gasteiger partial charge in [0.1, 0.15) is 0 Å². The summed E-state index contributed by atoms with van der Waals surface area (Å²) < 4.78 is 48.7. The molecular weight excluding hydrogens is 360 g/mol. The lowest BCUT2D eigenvalue weighted by Crippen LogP contribution is -2.14. The van der Waals surface area contributed by atoms with E-state index in [0.717, 1.165) is 6.07 Å². The molecule has 0 amide bonds. The van der Waals surface area contributed by atoms with E-state index in [0.29, 0.717) is 11.1 Å². The van der Waals surface area contributed by atoms with Gasteiger partial charge in [0, 0.05) is 0 Å². The lowest BCUT2D eigenvalue weighted by Gasteiger charge is -2.13. The monoisotopic (exact) mass is 374 g/mol. The second kappa shape index (κ2) is 5.79. The summed E-state index contributed by atoms with van der Waals surface area (Å²) in [5.74, 6) is 0. The molecule has 6 nitrogen and oxygen atoms in total. The molecule has 0 radical (unpaired) electrons. The van der Waals surface area contributed by atoms with Gasteiger partial charge >= 0.3 is 0 Å². The third kappa shape index (κ3) is 3.35. The second-order valence-electron chi connectivity index (χ2n) is 5.11. The number of halogens is 1. The van der Waals surface area contributed by atoms with Gasteiger partial charge in [-0.3, -0.25) is 0 Å². The molecule has 0 heterocycles. The predicted octanol–water partition coefficient (Wildman–Crippen LogP) is 2.02. The Morgan fingerprint density at radius 2 is 1.48 bits per heavy atom. The molecular formula is C14H15ClN2O4S2. The van der Waals surface area contributed by atoms with Gasteiger partial charge in [0.05, 0.1) is 25.4 Å². The van der Waals surface area contributed by atoms with Crippen LogP contribution in [0.4, 0.5) is 5.69 Å². The number of rotatable bonds is 3. The van der Waals surface area contributed by atoms with Crippen LogP contribution in [0, 0.1) is 13.8 Å². The van der Waals surface area contributed by atoms with E-state index in [1.807, 2.05) is 0 Å². The number of benzene rings is 2. The molecule has 124 valence electrons. The van der Waals surface area contributed by atoms with E-state index in [1.165, 1.54) is 24.3 Å². The number of nitrogen functional groups attached to an aromatic ring is 1. The molecule has 0 atom stereocenters. The van der Waals surface area contributed by atoms with Gasteiger partial charge in [0.15, 0.2) is 0 Å². The van der Waals surface area contributed by atoms with Crippen LogP contribution in [0.1, 0.15) is 11.1 Å². The average Bonchev–Trinajstić information content (AvgIpc) is 2.41. The Morgan fingerprint density at radius 1 is 0.913 bits per heavy atom. The molecule has 0 bridgehead atoms. The van der Waals surface area contributed by atoms with Crippen molar-refractivity contribution < 1.29 is 16.8 Å². The summed E-state index contributed by atoms with van der Waals surface area (Å²) in [5.41, 5.74) is 6.72. The minimum absolute atomic E-state index is 0.0358. The van der Waals surface area contributed by atoms with Crippen LogP contribution < -0.4 is 10.9 Å². The predicted molar refractivity (Wildman–Crippen MR) is 88.6 cm³/mol. The highest BCUT2D eigenvalue weighted by Gasteiger charge is 2.25. The van der Waals surface area contributed by atoms with Gasteiger partial charge < -0.3 is 5.73 Å². The highest BCUT2D eigenvalue weighted by Crippen LogP contribution is 2.32. The first kappa shape index (κ1) is 17.7. The summed E-state index contributed by atoms with van der Waals surface area (Å²) in [5, 5.41) is 5.18. The molecule has 0 spiro atoms. The lowest BCUT2D eigenvalue weighted by atomic mass is 10.2. The number of aryl methyl sites for hydroxylation is 2. The van der Waals surface area contributed by atoms with Crippen LogP contribution in [0.5, 0.6) is 0 Å². The van der Waals surface area contributed by atoms with Crippen molar-refractivity contribution >= 4 is 37.1 Å². The summed E-state index contributed by atoms with van der Waals surface area (Å²) in [6.45, 7) is 3.15. The zero-order valence-corrected chi connectivity index (χ0v) is 14.8. The normalized spacial score (nSPS) is 12.3. The Labute approximate surface area is 140 Å². The van der Waals surface area contributed by atoms with Crippen molar-refractivity contribution in [2.24, 2.45) is 5.14 Å². The van der Waals surface area contributed by atoms with Crippen molar-refractivity contribution in [1.82, 2.24) is 0 Å². The fourth-order valence-corrected chi connectivity index (χ4v) is 4.75. The highest BCUT2D eigenvalue weighted by atomic mass is 35.5. The summed E-state index contributed by atoms with van der Waals surface area (Å²) >= 11 is 5.92. The maximum Gasteiger partial charge on any atom is 0.238 e. The molecule has 0 aliphatic carbocycles. The summed E-state index contributed by atoms with van der Waals surface area (Å²) in [6, 6.07) is 6.40. The molecule has 0 aliphatic rings. The molecule has 0 fully saturated rings.